The predicted octanol–water partition coefficient (Wildman–Crippen LogP) is -1.29. The molecule has 1 aromatic rings. The van der Waals surface area contributed by atoms with Gasteiger partial charge in [0.2, 0.25) is 5.60 Å². The zero-order valence-corrected chi connectivity index (χ0v) is 13.0. The topological polar surface area (TPSA) is 139 Å². The maximum atomic E-state index is 12.2. The van der Waals surface area contributed by atoms with Crippen molar-refractivity contribution in [2.45, 2.75) is 37.1 Å². The lowest BCUT2D eigenvalue weighted by molar-refractivity contribution is -0.304. The number of phenols is 1. The van der Waals surface area contributed by atoms with Crippen LogP contribution in [0.15, 0.2) is 30.3 Å². The molecule has 1 aromatic carbocycles. The summed E-state index contributed by atoms with van der Waals surface area (Å²) < 4.78 is 4.83. The number of nitrogens with one attached hydrogen (secondary N) is 1. The summed E-state index contributed by atoms with van der Waals surface area (Å²) >= 11 is 0. The van der Waals surface area contributed by atoms with Crippen molar-refractivity contribution in [3.63, 3.8) is 0 Å². The number of carbonyl (C=O) groups is 1. The van der Waals surface area contributed by atoms with Gasteiger partial charge in [-0.1, -0.05) is 30.4 Å². The first-order valence-corrected chi connectivity index (χ1v) is 7.43. The van der Waals surface area contributed by atoms with Crippen LogP contribution in [0.2, 0.25) is 0 Å². The maximum Gasteiger partial charge on any atom is 0.258 e. The van der Waals surface area contributed by atoms with Gasteiger partial charge in [0.05, 0.1) is 6.10 Å². The molecule has 1 amide bonds. The van der Waals surface area contributed by atoms with Gasteiger partial charge < -0.3 is 35.6 Å². The molecule has 0 bridgehead atoms. The average Bonchev–Trinajstić information content (AvgIpc) is 2.56. The number of para-hydroxylation sites is 1. The first kappa shape index (κ1) is 18.4. The van der Waals surface area contributed by atoms with Crippen molar-refractivity contribution in [3.05, 3.63) is 35.9 Å². The molecular weight excluding hydrogens is 318 g/mol. The van der Waals surface area contributed by atoms with Crippen LogP contribution in [0.5, 0.6) is 5.75 Å². The van der Waals surface area contributed by atoms with E-state index < -0.39 is 36.1 Å². The Labute approximate surface area is 138 Å². The summed E-state index contributed by atoms with van der Waals surface area (Å²) in [6, 6.07) is 6.59. The van der Waals surface area contributed by atoms with Crippen molar-refractivity contribution in [1.29, 1.82) is 0 Å². The van der Waals surface area contributed by atoms with E-state index in [1.165, 1.54) is 19.1 Å². The second-order valence-electron chi connectivity index (χ2n) is 5.62. The van der Waals surface area contributed by atoms with E-state index in [1.807, 2.05) is 0 Å². The van der Waals surface area contributed by atoms with Crippen LogP contribution in [0.1, 0.15) is 12.5 Å². The Morgan fingerprint density at radius 2 is 1.96 bits per heavy atom. The summed E-state index contributed by atoms with van der Waals surface area (Å²) in [6.45, 7) is 1.33. The van der Waals surface area contributed by atoms with Gasteiger partial charge in [-0.3, -0.25) is 4.79 Å². The Balaban J connectivity index is 2.02. The van der Waals surface area contributed by atoms with Crippen molar-refractivity contribution < 1.29 is 35.1 Å². The van der Waals surface area contributed by atoms with Gasteiger partial charge in [0.25, 0.3) is 5.91 Å². The molecule has 24 heavy (non-hydrogen) atoms. The predicted molar refractivity (Wildman–Crippen MR) is 83.7 cm³/mol. The van der Waals surface area contributed by atoms with Crippen LogP contribution < -0.4 is 5.32 Å². The van der Waals surface area contributed by atoms with Crippen LogP contribution in [0.25, 0.3) is 6.08 Å². The molecular formula is C16H21NO7. The zero-order valence-electron chi connectivity index (χ0n) is 13.0. The number of aromatic hydroxyl groups is 1. The van der Waals surface area contributed by atoms with Crippen molar-refractivity contribution >= 4 is 12.0 Å². The van der Waals surface area contributed by atoms with Gasteiger partial charge in [0.1, 0.15) is 18.0 Å². The fourth-order valence-corrected chi connectivity index (χ4v) is 2.50. The summed E-state index contributed by atoms with van der Waals surface area (Å²) in [5.41, 5.74) is -2.06. The molecule has 1 aliphatic heterocycles. The Morgan fingerprint density at radius 1 is 1.29 bits per heavy atom. The lowest BCUT2D eigenvalue weighted by atomic mass is 9.83. The summed E-state index contributed by atoms with van der Waals surface area (Å²) in [5, 5.41) is 51.6. The van der Waals surface area contributed by atoms with Gasteiger partial charge in [-0.15, -0.1) is 0 Å². The van der Waals surface area contributed by atoms with E-state index in [-0.39, 0.29) is 12.3 Å². The number of ether oxygens (including phenoxy) is 1. The SMILES string of the molecule is C[C@H]1OC(O)[C@H](O)[C@](O)(C(=O)NCC=Cc2ccccc2O)[C@@H]1O. The molecule has 132 valence electrons. The Hall–Kier alpha value is -1.97. The number of rotatable bonds is 4. The van der Waals surface area contributed by atoms with E-state index in [1.54, 1.807) is 24.3 Å². The normalized spacial score (nSPS) is 33.5. The number of hydrogen-bond acceptors (Lipinski definition) is 7. The second-order valence-corrected chi connectivity index (χ2v) is 5.62. The summed E-state index contributed by atoms with van der Waals surface area (Å²) in [5.74, 6) is -0.968. The molecule has 0 aromatic heterocycles. The first-order chi connectivity index (χ1) is 11.3. The largest absolute Gasteiger partial charge is 0.507 e. The summed E-state index contributed by atoms with van der Waals surface area (Å²) in [6.07, 6.45) is -3.46. The molecule has 1 fully saturated rings. The lowest BCUT2D eigenvalue weighted by Gasteiger charge is -2.44. The molecule has 8 nitrogen and oxygen atoms in total. The average molecular weight is 339 g/mol. The van der Waals surface area contributed by atoms with E-state index in [9.17, 15) is 30.3 Å². The van der Waals surface area contributed by atoms with Crippen LogP contribution >= 0.6 is 0 Å². The van der Waals surface area contributed by atoms with E-state index in [0.29, 0.717) is 5.56 Å². The third kappa shape index (κ3) is 3.42. The molecule has 0 radical (unpaired) electrons. The number of aliphatic hydroxyl groups is 4. The molecule has 0 aliphatic carbocycles. The van der Waals surface area contributed by atoms with E-state index >= 15 is 0 Å². The smallest absolute Gasteiger partial charge is 0.258 e. The van der Waals surface area contributed by atoms with Crippen LogP contribution in [0.3, 0.4) is 0 Å². The summed E-state index contributed by atoms with van der Waals surface area (Å²) in [7, 11) is 0. The third-order valence-electron chi connectivity index (χ3n) is 3.95. The van der Waals surface area contributed by atoms with Gasteiger partial charge >= 0.3 is 0 Å². The molecule has 0 saturated carbocycles. The summed E-state index contributed by atoms with van der Waals surface area (Å²) in [4.78, 5) is 12.2. The molecule has 1 unspecified atom stereocenters. The van der Waals surface area contributed by atoms with Gasteiger partial charge in [-0.25, -0.2) is 0 Å². The number of amides is 1. The van der Waals surface area contributed by atoms with Crippen molar-refractivity contribution in [2.24, 2.45) is 0 Å². The highest BCUT2D eigenvalue weighted by molar-refractivity contribution is 5.87. The quantitative estimate of drug-likeness (QED) is 0.401. The Morgan fingerprint density at radius 3 is 2.62 bits per heavy atom. The lowest BCUT2D eigenvalue weighted by Crippen LogP contribution is -2.71. The van der Waals surface area contributed by atoms with E-state index in [2.05, 4.69) is 5.32 Å². The van der Waals surface area contributed by atoms with E-state index in [0.717, 1.165) is 0 Å². The number of phenolic OH excluding ortho intramolecular Hbond substituents is 1. The van der Waals surface area contributed by atoms with Gasteiger partial charge in [-0.2, -0.15) is 0 Å². The molecule has 2 rings (SSSR count). The van der Waals surface area contributed by atoms with E-state index in [4.69, 9.17) is 4.74 Å². The zero-order chi connectivity index (χ0) is 17.9. The van der Waals surface area contributed by atoms with Crippen LogP contribution in [0, 0.1) is 0 Å². The minimum absolute atomic E-state index is 0.0275. The Bertz CT molecular complexity index is 604. The fourth-order valence-electron chi connectivity index (χ4n) is 2.50. The molecule has 1 heterocycles. The standard InChI is InChI=1S/C16H21NO7/c1-9-12(19)16(23,13(20)14(21)24-9)15(22)17-8-4-6-10-5-2-3-7-11(10)18/h2-7,9,12-14,18-21,23H,8H2,1H3,(H,17,22)/t9-,12-,13+,14?,16+/m1/s1. The number of benzene rings is 1. The highest BCUT2D eigenvalue weighted by Crippen LogP contribution is 2.29. The van der Waals surface area contributed by atoms with Gasteiger partial charge in [-0.05, 0) is 13.0 Å². The second kappa shape index (κ2) is 7.29. The van der Waals surface area contributed by atoms with Crippen molar-refractivity contribution in [1.82, 2.24) is 5.32 Å². The monoisotopic (exact) mass is 339 g/mol. The third-order valence-corrected chi connectivity index (χ3v) is 3.95. The van der Waals surface area contributed by atoms with Crippen molar-refractivity contribution in [3.8, 4) is 5.75 Å². The minimum Gasteiger partial charge on any atom is -0.507 e. The van der Waals surface area contributed by atoms with Gasteiger partial charge in [0, 0.05) is 12.1 Å². The van der Waals surface area contributed by atoms with Gasteiger partial charge in [0.15, 0.2) is 6.29 Å². The molecule has 6 N–H and O–H groups in total. The molecule has 0 spiro atoms. The molecule has 8 heteroatoms. The number of hydrogen-bond donors (Lipinski definition) is 6. The highest BCUT2D eigenvalue weighted by atomic mass is 16.6. The Kier molecular flexibility index (Phi) is 5.58. The molecule has 1 saturated heterocycles. The number of aliphatic hydroxyl groups excluding tert-OH is 3. The van der Waals surface area contributed by atoms with Crippen LogP contribution in [-0.4, -0.2) is 68.2 Å². The highest BCUT2D eigenvalue weighted by Gasteiger charge is 2.58. The van der Waals surface area contributed by atoms with Crippen LogP contribution in [0.4, 0.5) is 0 Å². The fraction of sp³-hybridized carbons (Fsp3) is 0.438. The molecule has 5 atom stereocenters. The maximum absolute atomic E-state index is 12.2. The number of carbonyl (C=O) groups excluding carboxylic acids is 1. The first-order valence-electron chi connectivity index (χ1n) is 7.43. The van der Waals surface area contributed by atoms with Crippen LogP contribution in [-0.2, 0) is 9.53 Å². The molecule has 1 aliphatic rings. The van der Waals surface area contributed by atoms with Crippen molar-refractivity contribution in [2.75, 3.05) is 6.54 Å². The minimum atomic E-state index is -2.60.